The number of amides is 2. The fourth-order valence-electron chi connectivity index (χ4n) is 1.79. The number of carbonyl (C=O) groups is 2. The van der Waals surface area contributed by atoms with Crippen molar-refractivity contribution in [2.24, 2.45) is 0 Å². The molecule has 0 saturated carbocycles. The molecule has 0 aliphatic carbocycles. The molecule has 2 amide bonds. The van der Waals surface area contributed by atoms with Gasteiger partial charge in [-0.25, -0.2) is 4.98 Å². The highest BCUT2D eigenvalue weighted by Crippen LogP contribution is 2.12. The van der Waals surface area contributed by atoms with Crippen LogP contribution in [0, 0.1) is 0 Å². The minimum atomic E-state index is -0.519. The van der Waals surface area contributed by atoms with Crippen molar-refractivity contribution in [1.82, 2.24) is 15.2 Å². The Kier molecular flexibility index (Phi) is 6.95. The Morgan fingerprint density at radius 2 is 2.10 bits per heavy atom. The largest absolute Gasteiger partial charge is 0.344 e. The van der Waals surface area contributed by atoms with Crippen LogP contribution in [0.4, 0.5) is 0 Å². The molecule has 1 aromatic heterocycles. The molecule has 0 saturated heterocycles. The van der Waals surface area contributed by atoms with E-state index in [4.69, 9.17) is 11.6 Å². The van der Waals surface area contributed by atoms with Gasteiger partial charge in [0, 0.05) is 18.5 Å². The Morgan fingerprint density at radius 1 is 1.45 bits per heavy atom. The molecule has 0 bridgehead atoms. The van der Waals surface area contributed by atoms with E-state index in [0.29, 0.717) is 24.0 Å². The van der Waals surface area contributed by atoms with Gasteiger partial charge in [-0.3, -0.25) is 9.59 Å². The molecule has 0 aromatic carbocycles. The monoisotopic (exact) mass is 317 g/mol. The minimum absolute atomic E-state index is 0.0658. The molecule has 0 aliphatic heterocycles. The third-order valence-corrected chi connectivity index (χ3v) is 4.04. The summed E-state index contributed by atoms with van der Waals surface area (Å²) in [6.07, 6.45) is 0.178. The summed E-state index contributed by atoms with van der Waals surface area (Å²) >= 11 is 7.06. The van der Waals surface area contributed by atoms with Crippen molar-refractivity contribution in [2.75, 3.05) is 13.1 Å². The molecule has 1 N–H and O–H groups in total. The second-order valence-electron chi connectivity index (χ2n) is 4.34. The molecule has 5 nitrogen and oxygen atoms in total. The van der Waals surface area contributed by atoms with Crippen LogP contribution in [0.3, 0.4) is 0 Å². The first kappa shape index (κ1) is 16.9. The molecule has 1 atom stereocenters. The average Bonchev–Trinajstić information content (AvgIpc) is 2.87. The van der Waals surface area contributed by atoms with Crippen LogP contribution in [-0.2, 0) is 21.9 Å². The molecule has 112 valence electrons. The van der Waals surface area contributed by atoms with Crippen LogP contribution in [-0.4, -0.2) is 40.8 Å². The highest BCUT2D eigenvalue weighted by molar-refractivity contribution is 7.09. The number of aromatic nitrogens is 1. The number of likely N-dealkylation sites (N-methyl/N-ethyl adjacent to an activating group) is 1. The Balaban J connectivity index is 2.51. The summed E-state index contributed by atoms with van der Waals surface area (Å²) in [5.41, 5.74) is 0.770. The van der Waals surface area contributed by atoms with Crippen LogP contribution in [0.5, 0.6) is 0 Å². The minimum Gasteiger partial charge on any atom is -0.344 e. The smallest absolute Gasteiger partial charge is 0.244 e. The number of hydrogen-bond acceptors (Lipinski definition) is 4. The third kappa shape index (κ3) is 4.76. The fraction of sp³-hybridized carbons (Fsp3) is 0.615. The Hall–Kier alpha value is -1.14. The molecule has 7 heteroatoms. The van der Waals surface area contributed by atoms with Gasteiger partial charge in [0.05, 0.1) is 18.0 Å². The number of alkyl halides is 1. The lowest BCUT2D eigenvalue weighted by molar-refractivity contribution is -0.135. The molecule has 20 heavy (non-hydrogen) atoms. The van der Waals surface area contributed by atoms with Gasteiger partial charge in [0.2, 0.25) is 11.8 Å². The first-order valence-corrected chi connectivity index (χ1v) is 8.00. The summed E-state index contributed by atoms with van der Waals surface area (Å²) in [5, 5.41) is 5.25. The van der Waals surface area contributed by atoms with Crippen molar-refractivity contribution in [3.63, 3.8) is 0 Å². The molecule has 0 spiro atoms. The summed E-state index contributed by atoms with van der Waals surface area (Å²) in [6, 6.07) is -0.519. The predicted octanol–water partition coefficient (Wildman–Crippen LogP) is 1.80. The van der Waals surface area contributed by atoms with E-state index in [2.05, 4.69) is 10.3 Å². The van der Waals surface area contributed by atoms with Crippen molar-refractivity contribution in [3.8, 4) is 0 Å². The van der Waals surface area contributed by atoms with Gasteiger partial charge in [0.15, 0.2) is 0 Å². The van der Waals surface area contributed by atoms with Crippen molar-refractivity contribution in [1.29, 1.82) is 0 Å². The topological polar surface area (TPSA) is 62.3 Å². The molecule has 1 unspecified atom stereocenters. The first-order chi connectivity index (χ1) is 9.51. The molecule has 1 heterocycles. The molecular formula is C13H20ClN3O2S. The van der Waals surface area contributed by atoms with Crippen LogP contribution in [0.2, 0.25) is 0 Å². The number of thiazole rings is 1. The van der Waals surface area contributed by atoms with E-state index in [-0.39, 0.29) is 18.2 Å². The standard InChI is InChI=1S/C13H20ClN3O2S/c1-4-17(5-2)13(19)9(3)15-11(18)6-12-16-10(7-14)8-20-12/h8-9H,4-7H2,1-3H3,(H,15,18). The van der Waals surface area contributed by atoms with E-state index in [1.807, 2.05) is 19.2 Å². The Bertz CT molecular complexity index is 460. The highest BCUT2D eigenvalue weighted by Gasteiger charge is 2.20. The molecule has 0 aliphatic rings. The number of rotatable bonds is 7. The Morgan fingerprint density at radius 3 is 2.60 bits per heavy atom. The van der Waals surface area contributed by atoms with Gasteiger partial charge in [0.25, 0.3) is 0 Å². The van der Waals surface area contributed by atoms with E-state index in [1.54, 1.807) is 11.8 Å². The quantitative estimate of drug-likeness (QED) is 0.780. The van der Waals surface area contributed by atoms with Crippen molar-refractivity contribution < 1.29 is 9.59 Å². The van der Waals surface area contributed by atoms with Gasteiger partial charge in [-0.05, 0) is 20.8 Å². The van der Waals surface area contributed by atoms with Crippen LogP contribution in [0.1, 0.15) is 31.5 Å². The van der Waals surface area contributed by atoms with Gasteiger partial charge in [-0.15, -0.1) is 22.9 Å². The summed E-state index contributed by atoms with van der Waals surface area (Å²) in [4.78, 5) is 29.8. The maximum absolute atomic E-state index is 12.0. The van der Waals surface area contributed by atoms with Gasteiger partial charge in [-0.2, -0.15) is 0 Å². The van der Waals surface area contributed by atoms with Gasteiger partial charge >= 0.3 is 0 Å². The van der Waals surface area contributed by atoms with Crippen LogP contribution in [0.25, 0.3) is 0 Å². The summed E-state index contributed by atoms with van der Waals surface area (Å²) in [7, 11) is 0. The molecular weight excluding hydrogens is 298 g/mol. The molecule has 1 aromatic rings. The van der Waals surface area contributed by atoms with Crippen LogP contribution in [0.15, 0.2) is 5.38 Å². The number of halogens is 1. The van der Waals surface area contributed by atoms with Gasteiger partial charge < -0.3 is 10.2 Å². The number of nitrogens with one attached hydrogen (secondary N) is 1. The van der Waals surface area contributed by atoms with Gasteiger partial charge in [-0.1, -0.05) is 0 Å². The number of hydrogen-bond donors (Lipinski definition) is 1. The lowest BCUT2D eigenvalue weighted by Gasteiger charge is -2.23. The summed E-state index contributed by atoms with van der Waals surface area (Å²) in [6.45, 7) is 6.81. The third-order valence-electron chi connectivity index (χ3n) is 2.87. The average molecular weight is 318 g/mol. The second kappa shape index (κ2) is 8.21. The SMILES string of the molecule is CCN(CC)C(=O)C(C)NC(=O)Cc1nc(CCl)cs1. The van der Waals surface area contributed by atoms with Crippen molar-refractivity contribution in [3.05, 3.63) is 16.1 Å². The fourth-order valence-corrected chi connectivity index (χ4v) is 2.81. The number of nitrogens with zero attached hydrogens (tertiary/aromatic N) is 2. The maximum Gasteiger partial charge on any atom is 0.244 e. The van der Waals surface area contributed by atoms with Gasteiger partial charge in [0.1, 0.15) is 11.0 Å². The zero-order chi connectivity index (χ0) is 15.1. The first-order valence-electron chi connectivity index (χ1n) is 6.59. The molecule has 0 fully saturated rings. The van der Waals surface area contributed by atoms with Crippen molar-refractivity contribution >= 4 is 34.8 Å². The lowest BCUT2D eigenvalue weighted by Crippen LogP contribution is -2.47. The van der Waals surface area contributed by atoms with Crippen LogP contribution >= 0.6 is 22.9 Å². The zero-order valence-electron chi connectivity index (χ0n) is 12.0. The Labute approximate surface area is 128 Å². The highest BCUT2D eigenvalue weighted by atomic mass is 35.5. The molecule has 0 radical (unpaired) electrons. The second-order valence-corrected chi connectivity index (χ2v) is 5.55. The van der Waals surface area contributed by atoms with E-state index < -0.39 is 6.04 Å². The maximum atomic E-state index is 12.0. The summed E-state index contributed by atoms with van der Waals surface area (Å²) in [5.74, 6) is 0.0759. The van der Waals surface area contributed by atoms with Crippen molar-refractivity contribution in [2.45, 2.75) is 39.1 Å². The number of carbonyl (C=O) groups excluding carboxylic acids is 2. The predicted molar refractivity (Wildman–Crippen MR) is 80.9 cm³/mol. The van der Waals surface area contributed by atoms with E-state index in [9.17, 15) is 9.59 Å². The van der Waals surface area contributed by atoms with E-state index >= 15 is 0 Å². The van der Waals surface area contributed by atoms with E-state index in [1.165, 1.54) is 11.3 Å². The molecule has 1 rings (SSSR count). The lowest BCUT2D eigenvalue weighted by atomic mass is 10.2. The van der Waals surface area contributed by atoms with E-state index in [0.717, 1.165) is 5.69 Å². The zero-order valence-corrected chi connectivity index (χ0v) is 13.6. The normalized spacial score (nSPS) is 12.0. The van der Waals surface area contributed by atoms with Crippen LogP contribution < -0.4 is 5.32 Å². The summed E-state index contributed by atoms with van der Waals surface area (Å²) < 4.78 is 0.